The van der Waals surface area contributed by atoms with Gasteiger partial charge in [0.1, 0.15) is 0 Å². The molecule has 0 atom stereocenters. The van der Waals surface area contributed by atoms with Gasteiger partial charge in [0.15, 0.2) is 0 Å². The van der Waals surface area contributed by atoms with Crippen LogP contribution in [0, 0.1) is 0 Å². The van der Waals surface area contributed by atoms with Gasteiger partial charge in [0, 0.05) is 19.0 Å². The van der Waals surface area contributed by atoms with Crippen LogP contribution in [0.15, 0.2) is 59.5 Å². The van der Waals surface area contributed by atoms with E-state index in [0.29, 0.717) is 23.9 Å². The fraction of sp³-hybridized carbons (Fsp3) is 0.250. The summed E-state index contributed by atoms with van der Waals surface area (Å²) in [6, 6.07) is 16.4. The highest BCUT2D eigenvalue weighted by Gasteiger charge is 2.23. The van der Waals surface area contributed by atoms with Crippen LogP contribution in [0.1, 0.15) is 18.1 Å². The minimum absolute atomic E-state index is 0.290. The SMILES string of the molecule is CCN(Cc1ccccc1)S(=O)(=O)c1cccc(CCl)c1. The zero-order valence-corrected chi connectivity index (χ0v) is 13.4. The summed E-state index contributed by atoms with van der Waals surface area (Å²) in [7, 11) is -3.51. The quantitative estimate of drug-likeness (QED) is 0.761. The van der Waals surface area contributed by atoms with Crippen LogP contribution < -0.4 is 0 Å². The summed E-state index contributed by atoms with van der Waals surface area (Å²) in [5.41, 5.74) is 1.77. The molecular formula is C16H18ClNO2S. The van der Waals surface area contributed by atoms with Crippen LogP contribution >= 0.6 is 11.6 Å². The number of hydrogen-bond acceptors (Lipinski definition) is 2. The van der Waals surface area contributed by atoms with E-state index in [2.05, 4.69) is 0 Å². The zero-order valence-electron chi connectivity index (χ0n) is 11.9. The molecule has 0 aliphatic carbocycles. The number of halogens is 1. The molecule has 0 amide bonds. The lowest BCUT2D eigenvalue weighted by Gasteiger charge is -2.21. The molecule has 0 heterocycles. The summed E-state index contributed by atoms with van der Waals surface area (Å²) in [5, 5.41) is 0. The highest BCUT2D eigenvalue weighted by atomic mass is 35.5. The van der Waals surface area contributed by atoms with Crippen LogP contribution in [0.2, 0.25) is 0 Å². The van der Waals surface area contributed by atoms with Gasteiger partial charge in [-0.25, -0.2) is 8.42 Å². The maximum atomic E-state index is 12.7. The van der Waals surface area contributed by atoms with Gasteiger partial charge in [-0.3, -0.25) is 0 Å². The molecule has 0 radical (unpaired) electrons. The highest BCUT2D eigenvalue weighted by molar-refractivity contribution is 7.89. The van der Waals surface area contributed by atoms with Crippen LogP contribution in [-0.2, 0) is 22.4 Å². The maximum absolute atomic E-state index is 12.7. The summed E-state index contributed by atoms with van der Waals surface area (Å²) < 4.78 is 26.9. The first-order chi connectivity index (χ1) is 10.1. The largest absolute Gasteiger partial charge is 0.243 e. The lowest BCUT2D eigenvalue weighted by molar-refractivity contribution is 0.423. The molecule has 3 nitrogen and oxygen atoms in total. The Balaban J connectivity index is 2.31. The van der Waals surface area contributed by atoms with Gasteiger partial charge < -0.3 is 0 Å². The maximum Gasteiger partial charge on any atom is 0.243 e. The van der Waals surface area contributed by atoms with Gasteiger partial charge in [-0.05, 0) is 23.3 Å². The molecule has 0 saturated heterocycles. The van der Waals surface area contributed by atoms with Crippen molar-refractivity contribution in [2.24, 2.45) is 0 Å². The van der Waals surface area contributed by atoms with Gasteiger partial charge in [0.25, 0.3) is 0 Å². The van der Waals surface area contributed by atoms with Crippen molar-refractivity contribution in [2.75, 3.05) is 6.54 Å². The Labute approximate surface area is 131 Å². The number of rotatable bonds is 6. The van der Waals surface area contributed by atoms with E-state index in [1.807, 2.05) is 43.3 Å². The van der Waals surface area contributed by atoms with Crippen molar-refractivity contribution in [3.05, 3.63) is 65.7 Å². The number of hydrogen-bond donors (Lipinski definition) is 0. The zero-order chi connectivity index (χ0) is 15.3. The molecule has 2 aromatic rings. The van der Waals surface area contributed by atoms with Gasteiger partial charge in [-0.15, -0.1) is 11.6 Å². The first-order valence-corrected chi connectivity index (χ1v) is 8.74. The molecule has 0 saturated carbocycles. The minimum atomic E-state index is -3.51. The third-order valence-electron chi connectivity index (χ3n) is 3.24. The summed E-state index contributed by atoms with van der Waals surface area (Å²) in [4.78, 5) is 0.290. The third kappa shape index (κ3) is 3.84. The second-order valence-corrected chi connectivity index (χ2v) is 6.90. The summed E-state index contributed by atoms with van der Waals surface area (Å²) >= 11 is 5.78. The monoisotopic (exact) mass is 323 g/mol. The van der Waals surface area contributed by atoms with Gasteiger partial charge in [-0.2, -0.15) is 4.31 Å². The van der Waals surface area contributed by atoms with Crippen molar-refractivity contribution in [3.8, 4) is 0 Å². The molecule has 0 fully saturated rings. The molecular weight excluding hydrogens is 306 g/mol. The van der Waals surface area contributed by atoms with Crippen LogP contribution in [-0.4, -0.2) is 19.3 Å². The molecule has 0 aromatic heterocycles. The number of alkyl halides is 1. The van der Waals surface area contributed by atoms with E-state index in [-0.39, 0.29) is 0 Å². The average molecular weight is 324 g/mol. The summed E-state index contributed by atoms with van der Waals surface area (Å²) in [5.74, 6) is 0.300. The van der Waals surface area contributed by atoms with E-state index in [4.69, 9.17) is 11.6 Å². The van der Waals surface area contributed by atoms with Crippen LogP contribution in [0.4, 0.5) is 0 Å². The van der Waals surface area contributed by atoms with Crippen molar-refractivity contribution in [3.63, 3.8) is 0 Å². The van der Waals surface area contributed by atoms with Crippen molar-refractivity contribution in [2.45, 2.75) is 24.2 Å². The van der Waals surface area contributed by atoms with E-state index in [1.165, 1.54) is 4.31 Å². The van der Waals surface area contributed by atoms with E-state index in [1.54, 1.807) is 18.2 Å². The molecule has 112 valence electrons. The smallest absolute Gasteiger partial charge is 0.207 e. The number of nitrogens with zero attached hydrogens (tertiary/aromatic N) is 1. The highest BCUT2D eigenvalue weighted by Crippen LogP contribution is 2.20. The van der Waals surface area contributed by atoms with E-state index in [0.717, 1.165) is 11.1 Å². The van der Waals surface area contributed by atoms with Crippen molar-refractivity contribution in [1.82, 2.24) is 4.31 Å². The Morgan fingerprint density at radius 1 is 1.00 bits per heavy atom. The van der Waals surface area contributed by atoms with Crippen molar-refractivity contribution in [1.29, 1.82) is 0 Å². The van der Waals surface area contributed by atoms with E-state index in [9.17, 15) is 8.42 Å². The second kappa shape index (κ2) is 7.07. The van der Waals surface area contributed by atoms with Crippen LogP contribution in [0.5, 0.6) is 0 Å². The predicted molar refractivity (Wildman–Crippen MR) is 85.7 cm³/mol. The lowest BCUT2D eigenvalue weighted by Crippen LogP contribution is -2.30. The van der Waals surface area contributed by atoms with Gasteiger partial charge in [0.2, 0.25) is 10.0 Å². The fourth-order valence-corrected chi connectivity index (χ4v) is 3.77. The molecule has 5 heteroatoms. The Bertz CT molecular complexity index is 686. The minimum Gasteiger partial charge on any atom is -0.207 e. The molecule has 0 aliphatic heterocycles. The molecule has 0 N–H and O–H groups in total. The predicted octanol–water partition coefficient (Wildman–Crippen LogP) is 3.64. The standard InChI is InChI=1S/C16H18ClNO2S/c1-2-18(13-14-7-4-3-5-8-14)21(19,20)16-10-6-9-15(11-16)12-17/h3-11H,2,12-13H2,1H3. The Kier molecular flexibility index (Phi) is 5.39. The average Bonchev–Trinajstić information content (AvgIpc) is 2.53. The van der Waals surface area contributed by atoms with E-state index >= 15 is 0 Å². The first kappa shape index (κ1) is 16.0. The number of sulfonamides is 1. The molecule has 2 rings (SSSR count). The Morgan fingerprint density at radius 2 is 1.67 bits per heavy atom. The molecule has 2 aromatic carbocycles. The van der Waals surface area contributed by atoms with Crippen molar-refractivity contribution >= 4 is 21.6 Å². The first-order valence-electron chi connectivity index (χ1n) is 6.77. The second-order valence-electron chi connectivity index (χ2n) is 4.70. The third-order valence-corrected chi connectivity index (χ3v) is 5.47. The lowest BCUT2D eigenvalue weighted by atomic mass is 10.2. The molecule has 0 spiro atoms. The fourth-order valence-electron chi connectivity index (χ4n) is 2.09. The normalized spacial score (nSPS) is 11.8. The van der Waals surface area contributed by atoms with Gasteiger partial charge in [-0.1, -0.05) is 49.4 Å². The Morgan fingerprint density at radius 3 is 2.29 bits per heavy atom. The summed E-state index contributed by atoms with van der Waals surface area (Å²) in [6.45, 7) is 2.62. The Hall–Kier alpha value is -1.36. The molecule has 0 aliphatic rings. The topological polar surface area (TPSA) is 37.4 Å². The molecule has 21 heavy (non-hydrogen) atoms. The molecule has 0 bridgehead atoms. The van der Waals surface area contributed by atoms with Crippen LogP contribution in [0.3, 0.4) is 0 Å². The summed E-state index contributed by atoms with van der Waals surface area (Å²) in [6.07, 6.45) is 0. The number of benzene rings is 2. The van der Waals surface area contributed by atoms with Gasteiger partial charge >= 0.3 is 0 Å². The van der Waals surface area contributed by atoms with Gasteiger partial charge in [0.05, 0.1) is 4.90 Å². The molecule has 0 unspecified atom stereocenters. The van der Waals surface area contributed by atoms with Crippen LogP contribution in [0.25, 0.3) is 0 Å². The van der Waals surface area contributed by atoms with Crippen molar-refractivity contribution < 1.29 is 8.42 Å². The van der Waals surface area contributed by atoms with E-state index < -0.39 is 10.0 Å².